The fourth-order valence-corrected chi connectivity index (χ4v) is 3.70. The van der Waals surface area contributed by atoms with Crippen LogP contribution in [0.25, 0.3) is 22.7 Å². The summed E-state index contributed by atoms with van der Waals surface area (Å²) < 4.78 is 7.71. The molecule has 166 valence electrons. The molecule has 0 fully saturated rings. The lowest BCUT2D eigenvalue weighted by molar-refractivity contribution is 0.566. The minimum absolute atomic E-state index is 0.373. The minimum Gasteiger partial charge on any atom is -0.461 e. The largest absolute Gasteiger partial charge is 0.461 e. The van der Waals surface area contributed by atoms with Crippen LogP contribution in [-0.2, 0) is 13.0 Å². The highest BCUT2D eigenvalue weighted by atomic mass is 16.3. The van der Waals surface area contributed by atoms with Gasteiger partial charge in [0, 0.05) is 13.1 Å². The maximum atomic E-state index is 6.27. The van der Waals surface area contributed by atoms with E-state index < -0.39 is 0 Å². The smallest absolute Gasteiger partial charge is 0.226 e. The predicted octanol–water partition coefficient (Wildman–Crippen LogP) is 5.46. The molecule has 3 aromatic heterocycles. The van der Waals surface area contributed by atoms with Crippen LogP contribution in [-0.4, -0.2) is 26.1 Å². The van der Waals surface area contributed by atoms with Crippen molar-refractivity contribution in [2.75, 3.05) is 17.6 Å². The maximum Gasteiger partial charge on any atom is 0.226 e. The van der Waals surface area contributed by atoms with Crippen molar-refractivity contribution < 1.29 is 4.42 Å². The van der Waals surface area contributed by atoms with Crippen LogP contribution in [0.2, 0.25) is 0 Å². The average Bonchev–Trinajstić information content (AvgIpc) is 3.46. The third-order valence-corrected chi connectivity index (χ3v) is 5.29. The summed E-state index contributed by atoms with van der Waals surface area (Å²) in [5.41, 5.74) is 8.93. The van der Waals surface area contributed by atoms with Crippen LogP contribution in [0.1, 0.15) is 38.2 Å². The molecule has 0 unspecified atom stereocenters. The molecule has 0 aliphatic rings. The summed E-state index contributed by atoms with van der Waals surface area (Å²) in [6.07, 6.45) is 11.1. The molecular formula is C25H30N6O. The Labute approximate surface area is 188 Å². The van der Waals surface area contributed by atoms with E-state index in [2.05, 4.69) is 58.2 Å². The van der Waals surface area contributed by atoms with Gasteiger partial charge in [-0.3, -0.25) is 0 Å². The van der Waals surface area contributed by atoms with Gasteiger partial charge in [0.05, 0.1) is 6.26 Å². The van der Waals surface area contributed by atoms with Crippen molar-refractivity contribution in [1.82, 2.24) is 19.5 Å². The Morgan fingerprint density at radius 3 is 2.69 bits per heavy atom. The van der Waals surface area contributed by atoms with Gasteiger partial charge in [-0.05, 0) is 49.8 Å². The van der Waals surface area contributed by atoms with Gasteiger partial charge in [-0.1, -0.05) is 49.4 Å². The van der Waals surface area contributed by atoms with Crippen LogP contribution in [0.4, 0.5) is 11.8 Å². The lowest BCUT2D eigenvalue weighted by Crippen LogP contribution is -2.09. The van der Waals surface area contributed by atoms with Crippen molar-refractivity contribution in [3.63, 3.8) is 0 Å². The second-order valence-corrected chi connectivity index (χ2v) is 7.71. The van der Waals surface area contributed by atoms with E-state index in [0.29, 0.717) is 23.0 Å². The molecular weight excluding hydrogens is 400 g/mol. The summed E-state index contributed by atoms with van der Waals surface area (Å²) >= 11 is 0. The Kier molecular flexibility index (Phi) is 7.17. The van der Waals surface area contributed by atoms with Gasteiger partial charge in [0.1, 0.15) is 0 Å². The number of nitrogens with two attached hydrogens (primary N) is 1. The Hall–Kier alpha value is -3.61. The topological polar surface area (TPSA) is 94.8 Å². The first-order valence-electron chi connectivity index (χ1n) is 11.3. The third-order valence-electron chi connectivity index (χ3n) is 5.29. The number of aryl methyl sites for hydroxylation is 2. The van der Waals surface area contributed by atoms with Crippen LogP contribution in [0.15, 0.2) is 65.3 Å². The summed E-state index contributed by atoms with van der Waals surface area (Å²) in [6.45, 7) is 3.67. The molecule has 3 heterocycles. The van der Waals surface area contributed by atoms with Gasteiger partial charge in [0.25, 0.3) is 0 Å². The maximum absolute atomic E-state index is 6.27. The second kappa shape index (κ2) is 10.6. The zero-order valence-corrected chi connectivity index (χ0v) is 18.5. The number of nitrogens with one attached hydrogen (secondary N) is 1. The van der Waals surface area contributed by atoms with Gasteiger partial charge in [-0.15, -0.1) is 0 Å². The number of aromatic nitrogens is 4. The zero-order valence-electron chi connectivity index (χ0n) is 18.5. The van der Waals surface area contributed by atoms with Crippen molar-refractivity contribution in [2.45, 2.75) is 45.6 Å². The molecule has 32 heavy (non-hydrogen) atoms. The molecule has 7 nitrogen and oxygen atoms in total. The number of nitrogen functional groups attached to an aromatic ring is 1. The Morgan fingerprint density at radius 2 is 1.91 bits per heavy atom. The molecule has 0 atom stereocenters. The van der Waals surface area contributed by atoms with Gasteiger partial charge < -0.3 is 20.0 Å². The molecule has 0 aliphatic carbocycles. The number of fused-ring (bicyclic) bond motifs is 1. The summed E-state index contributed by atoms with van der Waals surface area (Å²) in [5.74, 6) is 2.33. The van der Waals surface area contributed by atoms with Crippen LogP contribution in [0.5, 0.6) is 0 Å². The SMILES string of the molecule is CCC=CCCCn1c(-c2ccco2)nc2c(N)nc(NCCCc3ccccc3)nc21. The molecule has 7 heteroatoms. The summed E-state index contributed by atoms with van der Waals surface area (Å²) in [5, 5.41) is 3.33. The lowest BCUT2D eigenvalue weighted by Gasteiger charge is -2.09. The third kappa shape index (κ3) is 5.17. The van der Waals surface area contributed by atoms with E-state index in [4.69, 9.17) is 20.1 Å². The van der Waals surface area contributed by atoms with E-state index in [1.54, 1.807) is 6.26 Å². The van der Waals surface area contributed by atoms with Crippen molar-refractivity contribution in [3.05, 3.63) is 66.4 Å². The fraction of sp³-hybridized carbons (Fsp3) is 0.320. The van der Waals surface area contributed by atoms with E-state index in [1.165, 1.54) is 5.56 Å². The predicted molar refractivity (Wildman–Crippen MR) is 129 cm³/mol. The number of rotatable bonds is 11. The van der Waals surface area contributed by atoms with Crippen LogP contribution in [0, 0.1) is 0 Å². The van der Waals surface area contributed by atoms with Gasteiger partial charge >= 0.3 is 0 Å². The molecule has 0 amide bonds. The van der Waals surface area contributed by atoms with Gasteiger partial charge in [-0.25, -0.2) is 4.98 Å². The highest BCUT2D eigenvalue weighted by Crippen LogP contribution is 2.28. The monoisotopic (exact) mass is 430 g/mol. The van der Waals surface area contributed by atoms with Gasteiger partial charge in [0.2, 0.25) is 5.95 Å². The van der Waals surface area contributed by atoms with E-state index in [1.807, 2.05) is 18.2 Å². The van der Waals surface area contributed by atoms with E-state index in [-0.39, 0.29) is 0 Å². The molecule has 4 aromatic rings. The molecule has 4 rings (SSSR count). The summed E-state index contributed by atoms with van der Waals surface area (Å²) in [7, 11) is 0. The molecule has 0 spiro atoms. The highest BCUT2D eigenvalue weighted by Gasteiger charge is 2.19. The number of anilines is 2. The zero-order chi connectivity index (χ0) is 22.2. The molecule has 0 bridgehead atoms. The van der Waals surface area contributed by atoms with Crippen molar-refractivity contribution in [2.24, 2.45) is 0 Å². The van der Waals surface area contributed by atoms with Crippen molar-refractivity contribution >= 4 is 22.9 Å². The number of imidazole rings is 1. The molecule has 0 saturated heterocycles. The van der Waals surface area contributed by atoms with Crippen LogP contribution < -0.4 is 11.1 Å². The Bertz CT molecular complexity index is 1150. The number of allylic oxidation sites excluding steroid dienone is 2. The molecule has 0 radical (unpaired) electrons. The number of hydrogen-bond acceptors (Lipinski definition) is 6. The minimum atomic E-state index is 0.373. The quantitative estimate of drug-likeness (QED) is 0.242. The highest BCUT2D eigenvalue weighted by molar-refractivity contribution is 5.86. The number of benzene rings is 1. The standard InChI is InChI=1S/C25H30N6O/c1-2-3-4-5-9-17-31-23(20-15-11-18-32-20)28-21-22(26)29-25(30-24(21)31)27-16-10-14-19-12-7-6-8-13-19/h3-4,6-8,11-13,15,18H,2,5,9-10,14,16-17H2,1H3,(H3,26,27,29,30). The Balaban J connectivity index is 1.53. The second-order valence-electron chi connectivity index (χ2n) is 7.71. The first-order chi connectivity index (χ1) is 15.8. The number of furan rings is 1. The van der Waals surface area contributed by atoms with E-state index in [9.17, 15) is 0 Å². The van der Waals surface area contributed by atoms with Gasteiger partial charge in [0.15, 0.2) is 28.6 Å². The first-order valence-corrected chi connectivity index (χ1v) is 11.3. The van der Waals surface area contributed by atoms with Crippen LogP contribution >= 0.6 is 0 Å². The van der Waals surface area contributed by atoms with Gasteiger partial charge in [-0.2, -0.15) is 9.97 Å². The van der Waals surface area contributed by atoms with E-state index in [0.717, 1.165) is 56.7 Å². The van der Waals surface area contributed by atoms with Crippen molar-refractivity contribution in [1.29, 1.82) is 0 Å². The van der Waals surface area contributed by atoms with E-state index >= 15 is 0 Å². The molecule has 3 N–H and O–H groups in total. The number of hydrogen-bond donors (Lipinski definition) is 2. The summed E-state index contributed by atoms with van der Waals surface area (Å²) in [4.78, 5) is 13.9. The first kappa shape index (κ1) is 21.6. The summed E-state index contributed by atoms with van der Waals surface area (Å²) in [6, 6.07) is 14.2. The molecule has 0 saturated carbocycles. The fourth-order valence-electron chi connectivity index (χ4n) is 3.70. The normalized spacial score (nSPS) is 11.5. The average molecular weight is 431 g/mol. The van der Waals surface area contributed by atoms with Crippen molar-refractivity contribution in [3.8, 4) is 11.6 Å². The van der Waals surface area contributed by atoms with Crippen LogP contribution in [0.3, 0.4) is 0 Å². The number of unbranched alkanes of at least 4 members (excludes halogenated alkanes) is 1. The Morgan fingerprint density at radius 1 is 1.03 bits per heavy atom. The number of nitrogens with zero attached hydrogens (tertiary/aromatic N) is 4. The lowest BCUT2D eigenvalue weighted by atomic mass is 10.1. The molecule has 1 aromatic carbocycles. The molecule has 0 aliphatic heterocycles.